The number of hydrogen-bond acceptors (Lipinski definition) is 7. The molecule has 170 valence electrons. The van der Waals surface area contributed by atoms with Gasteiger partial charge in [0, 0.05) is 5.56 Å². The summed E-state index contributed by atoms with van der Waals surface area (Å²) in [5.74, 6) is -1.68. The second-order valence-corrected chi connectivity index (χ2v) is 9.27. The first-order valence-corrected chi connectivity index (χ1v) is 11.6. The van der Waals surface area contributed by atoms with Crippen LogP contribution in [-0.2, 0) is 36.1 Å². The number of aromatic nitrogens is 3. The summed E-state index contributed by atoms with van der Waals surface area (Å²) in [6.45, 7) is -0.0126. The fraction of sp³-hybridized carbons (Fsp3) is 0.217. The molecule has 0 spiro atoms. The Kier molecular flexibility index (Phi) is 5.67. The zero-order valence-corrected chi connectivity index (χ0v) is 18.2. The smallest absolute Gasteiger partial charge is 0.297 e. The van der Waals surface area contributed by atoms with Crippen molar-refractivity contribution >= 4 is 20.9 Å². The Bertz CT molecular complexity index is 1360. The van der Waals surface area contributed by atoms with Crippen molar-refractivity contribution < 1.29 is 26.5 Å². The Labute approximate surface area is 189 Å². The number of benzene rings is 3. The van der Waals surface area contributed by atoms with Gasteiger partial charge in [-0.05, 0) is 35.0 Å². The first kappa shape index (κ1) is 21.7. The molecule has 2 atom stereocenters. The van der Waals surface area contributed by atoms with E-state index < -0.39 is 27.8 Å². The summed E-state index contributed by atoms with van der Waals surface area (Å²) < 4.78 is 57.9. The fourth-order valence-corrected chi connectivity index (χ4v) is 4.73. The fourth-order valence-electron chi connectivity index (χ4n) is 3.76. The third-order valence-electron chi connectivity index (χ3n) is 5.40. The molecule has 5 rings (SSSR count). The normalized spacial score (nSPS) is 20.9. The molecule has 0 N–H and O–H groups in total. The van der Waals surface area contributed by atoms with Crippen LogP contribution in [0.15, 0.2) is 84.3 Å². The second kappa shape index (κ2) is 8.64. The third kappa shape index (κ3) is 4.51. The molecule has 4 aromatic rings. The molecule has 3 aromatic carbocycles. The van der Waals surface area contributed by atoms with Crippen LogP contribution >= 0.6 is 0 Å². The molecule has 10 heteroatoms. The molecule has 1 aliphatic heterocycles. The zero-order chi connectivity index (χ0) is 22.9. The van der Waals surface area contributed by atoms with Crippen molar-refractivity contribution in [3.63, 3.8) is 0 Å². The van der Waals surface area contributed by atoms with Gasteiger partial charge in [0.05, 0.1) is 18.1 Å². The highest BCUT2D eigenvalue weighted by Crippen LogP contribution is 2.36. The van der Waals surface area contributed by atoms with Crippen molar-refractivity contribution in [2.24, 2.45) is 0 Å². The van der Waals surface area contributed by atoms with Crippen molar-refractivity contribution in [2.75, 3.05) is 13.2 Å². The molecule has 1 aromatic heterocycles. The minimum Gasteiger partial charge on any atom is -0.342 e. The number of hydrogen-bond donors (Lipinski definition) is 0. The van der Waals surface area contributed by atoms with Gasteiger partial charge in [0.1, 0.15) is 31.1 Å². The van der Waals surface area contributed by atoms with E-state index in [9.17, 15) is 12.8 Å². The quantitative estimate of drug-likeness (QED) is 0.384. The summed E-state index contributed by atoms with van der Waals surface area (Å²) in [6, 6.07) is 18.0. The first-order chi connectivity index (χ1) is 15.9. The van der Waals surface area contributed by atoms with E-state index in [0.29, 0.717) is 5.56 Å². The molecule has 2 unspecified atom stereocenters. The molecule has 1 aliphatic rings. The maximum atomic E-state index is 13.5. The highest BCUT2D eigenvalue weighted by atomic mass is 32.2. The van der Waals surface area contributed by atoms with E-state index in [0.717, 1.165) is 10.8 Å². The molecule has 0 aliphatic carbocycles. The van der Waals surface area contributed by atoms with Gasteiger partial charge in [-0.1, -0.05) is 42.5 Å². The standard InChI is InChI=1S/C23H20FN3O5S/c24-20-8-6-19(7-9-20)23(14-27-16-25-15-26-27)30-12-21(32-23)13-31-33(28,29)22-10-5-17-3-1-2-4-18(17)11-22/h1-11,15-16,21H,12-14H2. The Morgan fingerprint density at radius 2 is 1.88 bits per heavy atom. The molecule has 0 radical (unpaired) electrons. The first-order valence-electron chi connectivity index (χ1n) is 10.2. The van der Waals surface area contributed by atoms with Crippen molar-refractivity contribution in [3.8, 4) is 0 Å². The van der Waals surface area contributed by atoms with Gasteiger partial charge in [0.15, 0.2) is 0 Å². The predicted molar refractivity (Wildman–Crippen MR) is 116 cm³/mol. The van der Waals surface area contributed by atoms with Crippen LogP contribution in [0.2, 0.25) is 0 Å². The maximum Gasteiger partial charge on any atom is 0.297 e. The lowest BCUT2D eigenvalue weighted by molar-refractivity contribution is -0.190. The monoisotopic (exact) mass is 469 g/mol. The minimum absolute atomic E-state index is 0.0625. The SMILES string of the molecule is O=S(=O)(OCC1COC(Cn2cncn2)(c2ccc(F)cc2)O1)c1ccc2ccccc2c1. The van der Waals surface area contributed by atoms with Crippen molar-refractivity contribution in [3.05, 3.63) is 90.8 Å². The summed E-state index contributed by atoms with van der Waals surface area (Å²) >= 11 is 0. The van der Waals surface area contributed by atoms with Crippen molar-refractivity contribution in [2.45, 2.75) is 23.3 Å². The van der Waals surface area contributed by atoms with Crippen LogP contribution in [0.25, 0.3) is 10.8 Å². The number of halogens is 1. The summed E-state index contributed by atoms with van der Waals surface area (Å²) in [5, 5.41) is 5.82. The summed E-state index contributed by atoms with van der Waals surface area (Å²) in [6.07, 6.45) is 2.21. The molecule has 1 fully saturated rings. The van der Waals surface area contributed by atoms with Crippen LogP contribution in [0.1, 0.15) is 5.56 Å². The van der Waals surface area contributed by atoms with Crippen LogP contribution in [0.5, 0.6) is 0 Å². The average Bonchev–Trinajstić information content (AvgIpc) is 3.49. The summed E-state index contributed by atoms with van der Waals surface area (Å²) in [4.78, 5) is 3.99. The zero-order valence-electron chi connectivity index (χ0n) is 17.4. The lowest BCUT2D eigenvalue weighted by Gasteiger charge is -2.28. The van der Waals surface area contributed by atoms with Gasteiger partial charge in [-0.15, -0.1) is 0 Å². The van der Waals surface area contributed by atoms with E-state index in [-0.39, 0.29) is 24.7 Å². The molecule has 0 saturated carbocycles. The van der Waals surface area contributed by atoms with E-state index in [1.807, 2.05) is 24.3 Å². The van der Waals surface area contributed by atoms with Gasteiger partial charge in [-0.25, -0.2) is 14.1 Å². The minimum atomic E-state index is -4.01. The van der Waals surface area contributed by atoms with Gasteiger partial charge in [0.2, 0.25) is 5.79 Å². The average molecular weight is 469 g/mol. The van der Waals surface area contributed by atoms with Gasteiger partial charge in [0.25, 0.3) is 10.1 Å². The Morgan fingerprint density at radius 3 is 2.64 bits per heavy atom. The number of nitrogens with zero attached hydrogens (tertiary/aromatic N) is 3. The maximum absolute atomic E-state index is 13.5. The molecule has 1 saturated heterocycles. The van der Waals surface area contributed by atoms with Gasteiger partial charge in [-0.3, -0.25) is 4.18 Å². The summed E-state index contributed by atoms with van der Waals surface area (Å²) in [7, 11) is -4.01. The molecule has 0 amide bonds. The Balaban J connectivity index is 1.33. The largest absolute Gasteiger partial charge is 0.342 e. The molecule has 0 bridgehead atoms. The van der Waals surface area contributed by atoms with Crippen LogP contribution in [0.4, 0.5) is 4.39 Å². The molecule has 2 heterocycles. The molecule has 8 nitrogen and oxygen atoms in total. The second-order valence-electron chi connectivity index (χ2n) is 7.65. The third-order valence-corrected chi connectivity index (χ3v) is 6.68. The molecular weight excluding hydrogens is 449 g/mol. The highest BCUT2D eigenvalue weighted by Gasteiger charge is 2.44. The van der Waals surface area contributed by atoms with Crippen LogP contribution in [0, 0.1) is 5.82 Å². The van der Waals surface area contributed by atoms with Gasteiger partial charge >= 0.3 is 0 Å². The lowest BCUT2D eigenvalue weighted by atomic mass is 10.1. The van der Waals surface area contributed by atoms with Crippen LogP contribution < -0.4 is 0 Å². The van der Waals surface area contributed by atoms with Crippen LogP contribution in [0.3, 0.4) is 0 Å². The van der Waals surface area contributed by atoms with E-state index >= 15 is 0 Å². The lowest BCUT2D eigenvalue weighted by Crippen LogP contribution is -2.34. The van der Waals surface area contributed by atoms with E-state index in [2.05, 4.69) is 10.1 Å². The van der Waals surface area contributed by atoms with E-state index in [1.54, 1.807) is 24.3 Å². The predicted octanol–water partition coefficient (Wildman–Crippen LogP) is 3.24. The van der Waals surface area contributed by atoms with Crippen molar-refractivity contribution in [1.82, 2.24) is 14.8 Å². The molecule has 33 heavy (non-hydrogen) atoms. The van der Waals surface area contributed by atoms with Crippen LogP contribution in [-0.4, -0.2) is 42.5 Å². The molecular formula is C23H20FN3O5S. The number of rotatable bonds is 7. The summed E-state index contributed by atoms with van der Waals surface area (Å²) in [5.41, 5.74) is 0.569. The van der Waals surface area contributed by atoms with Gasteiger partial charge in [-0.2, -0.15) is 13.5 Å². The number of fused-ring (bicyclic) bond motifs is 1. The Morgan fingerprint density at radius 1 is 1.09 bits per heavy atom. The van der Waals surface area contributed by atoms with E-state index in [1.165, 1.54) is 35.5 Å². The van der Waals surface area contributed by atoms with Gasteiger partial charge < -0.3 is 9.47 Å². The topological polar surface area (TPSA) is 92.5 Å². The Hall–Kier alpha value is -3.18. The number of ether oxygens (including phenoxy) is 2. The van der Waals surface area contributed by atoms with Crippen molar-refractivity contribution in [1.29, 1.82) is 0 Å². The highest BCUT2D eigenvalue weighted by molar-refractivity contribution is 7.86. The van der Waals surface area contributed by atoms with E-state index in [4.69, 9.17) is 13.7 Å².